The Kier molecular flexibility index (Phi) is 6.34. The van der Waals surface area contributed by atoms with Crippen LogP contribution in [0.2, 0.25) is 5.02 Å². The van der Waals surface area contributed by atoms with Crippen molar-refractivity contribution in [3.8, 4) is 0 Å². The lowest BCUT2D eigenvalue weighted by Crippen LogP contribution is -2.46. The number of imidazole rings is 1. The van der Waals surface area contributed by atoms with Crippen molar-refractivity contribution >= 4 is 51.3 Å². The van der Waals surface area contributed by atoms with Gasteiger partial charge < -0.3 is 15.1 Å². The standard InChI is InChI=1S/C26H25ClN6O4/c1-29-23-15-21(28-25(34)19-14-18(33(36)37)8-9-20(19)27)22(16-24(23)30(2)26(29)35)32-12-10-31(11-13-32)17-6-4-3-5-7-17/h3-9,14-16H,10-13H2,1-2H3,(H,28,34). The lowest BCUT2D eigenvalue weighted by atomic mass is 10.1. The van der Waals surface area contributed by atoms with E-state index in [2.05, 4.69) is 27.2 Å². The lowest BCUT2D eigenvalue weighted by molar-refractivity contribution is -0.384. The predicted octanol–water partition coefficient (Wildman–Crippen LogP) is 4.02. The largest absolute Gasteiger partial charge is 0.368 e. The Labute approximate surface area is 217 Å². The van der Waals surface area contributed by atoms with Crippen molar-refractivity contribution in [3.63, 3.8) is 0 Å². The molecule has 190 valence electrons. The highest BCUT2D eigenvalue weighted by Crippen LogP contribution is 2.33. The van der Waals surface area contributed by atoms with Gasteiger partial charge in [-0.2, -0.15) is 0 Å². The molecule has 1 aromatic heterocycles. The fourth-order valence-electron chi connectivity index (χ4n) is 4.73. The van der Waals surface area contributed by atoms with E-state index >= 15 is 0 Å². The first kappa shape index (κ1) is 24.4. The molecule has 0 spiro atoms. The molecule has 0 radical (unpaired) electrons. The van der Waals surface area contributed by atoms with Crippen molar-refractivity contribution in [1.29, 1.82) is 0 Å². The Morgan fingerprint density at radius 2 is 1.54 bits per heavy atom. The number of halogens is 1. The fourth-order valence-corrected chi connectivity index (χ4v) is 4.93. The van der Waals surface area contributed by atoms with Crippen LogP contribution in [0.1, 0.15) is 10.4 Å². The zero-order valence-corrected chi connectivity index (χ0v) is 21.1. The molecule has 0 unspecified atom stereocenters. The number of para-hydroxylation sites is 1. The molecule has 1 fully saturated rings. The number of nitrogens with zero attached hydrogens (tertiary/aromatic N) is 5. The molecule has 37 heavy (non-hydrogen) atoms. The van der Waals surface area contributed by atoms with Gasteiger partial charge >= 0.3 is 5.69 Å². The summed E-state index contributed by atoms with van der Waals surface area (Å²) in [6.07, 6.45) is 0. The summed E-state index contributed by atoms with van der Waals surface area (Å²) in [6.45, 7) is 2.95. The molecule has 0 saturated carbocycles. The number of hydrogen-bond donors (Lipinski definition) is 1. The lowest BCUT2D eigenvalue weighted by Gasteiger charge is -2.38. The molecule has 10 nitrogen and oxygen atoms in total. The number of non-ortho nitro benzene ring substituents is 1. The molecule has 11 heteroatoms. The molecule has 0 bridgehead atoms. The molecular formula is C26H25ClN6O4. The van der Waals surface area contributed by atoms with Gasteiger partial charge in [0.15, 0.2) is 0 Å². The molecule has 1 aliphatic rings. The van der Waals surface area contributed by atoms with Crippen LogP contribution >= 0.6 is 11.6 Å². The summed E-state index contributed by atoms with van der Waals surface area (Å²) < 4.78 is 3.09. The maximum absolute atomic E-state index is 13.3. The molecule has 1 N–H and O–H groups in total. The number of fused-ring (bicyclic) bond motifs is 1. The molecular weight excluding hydrogens is 496 g/mol. The fraction of sp³-hybridized carbons (Fsp3) is 0.231. The third-order valence-electron chi connectivity index (χ3n) is 6.78. The normalized spacial score (nSPS) is 13.7. The quantitative estimate of drug-likeness (QED) is 0.315. The Balaban J connectivity index is 1.51. The van der Waals surface area contributed by atoms with Crippen molar-refractivity contribution in [2.75, 3.05) is 41.3 Å². The summed E-state index contributed by atoms with van der Waals surface area (Å²) in [4.78, 5) is 41.0. The van der Waals surface area contributed by atoms with Gasteiger partial charge in [-0.25, -0.2) is 4.79 Å². The third-order valence-corrected chi connectivity index (χ3v) is 7.11. The molecule has 5 rings (SSSR count). The highest BCUT2D eigenvalue weighted by Gasteiger charge is 2.24. The van der Waals surface area contributed by atoms with Crippen molar-refractivity contribution in [3.05, 3.63) is 91.8 Å². The maximum atomic E-state index is 13.3. The van der Waals surface area contributed by atoms with E-state index in [9.17, 15) is 19.7 Å². The number of aromatic nitrogens is 2. The van der Waals surface area contributed by atoms with Crippen molar-refractivity contribution in [2.24, 2.45) is 14.1 Å². The second-order valence-corrected chi connectivity index (χ2v) is 9.35. The number of carbonyl (C=O) groups is 1. The maximum Gasteiger partial charge on any atom is 0.328 e. The zero-order chi connectivity index (χ0) is 26.3. The number of amides is 1. The number of hydrogen-bond acceptors (Lipinski definition) is 6. The molecule has 1 aliphatic heterocycles. The molecule has 2 heterocycles. The Bertz CT molecular complexity index is 1570. The molecule has 4 aromatic rings. The van der Waals surface area contributed by atoms with E-state index in [1.807, 2.05) is 24.3 Å². The molecule has 1 amide bonds. The van der Waals surface area contributed by atoms with E-state index in [1.54, 1.807) is 24.7 Å². The predicted molar refractivity (Wildman–Crippen MR) is 145 cm³/mol. The van der Waals surface area contributed by atoms with Crippen molar-refractivity contribution in [2.45, 2.75) is 0 Å². The number of nitro groups is 1. The van der Waals surface area contributed by atoms with Gasteiger partial charge in [-0.1, -0.05) is 29.8 Å². The van der Waals surface area contributed by atoms with Gasteiger partial charge in [-0.3, -0.25) is 24.0 Å². The summed E-state index contributed by atoms with van der Waals surface area (Å²) in [5.41, 5.74) is 3.38. The van der Waals surface area contributed by atoms with Gasteiger partial charge in [-0.15, -0.1) is 0 Å². The van der Waals surface area contributed by atoms with Crippen LogP contribution in [-0.4, -0.2) is 46.1 Å². The first-order valence-corrected chi connectivity index (χ1v) is 12.1. The van der Waals surface area contributed by atoms with Crippen LogP contribution in [0.3, 0.4) is 0 Å². The molecule has 1 saturated heterocycles. The number of carbonyl (C=O) groups excluding carboxylic acids is 1. The van der Waals surface area contributed by atoms with E-state index in [0.29, 0.717) is 24.3 Å². The number of nitro benzene ring substituents is 1. The van der Waals surface area contributed by atoms with Crippen molar-refractivity contribution < 1.29 is 9.72 Å². The van der Waals surface area contributed by atoms with Gasteiger partial charge in [0, 0.05) is 58.1 Å². The smallest absolute Gasteiger partial charge is 0.328 e. The van der Waals surface area contributed by atoms with Crippen LogP contribution in [0.15, 0.2) is 65.5 Å². The Morgan fingerprint density at radius 3 is 2.19 bits per heavy atom. The zero-order valence-electron chi connectivity index (χ0n) is 20.3. The minimum absolute atomic E-state index is 0.00207. The van der Waals surface area contributed by atoms with Gasteiger partial charge in [0.2, 0.25) is 0 Å². The topological polar surface area (TPSA) is 106 Å². The van der Waals surface area contributed by atoms with Gasteiger partial charge in [0.25, 0.3) is 11.6 Å². The third kappa shape index (κ3) is 4.51. The molecule has 3 aromatic carbocycles. The van der Waals surface area contributed by atoms with E-state index in [4.69, 9.17) is 11.6 Å². The number of benzene rings is 3. The van der Waals surface area contributed by atoms with Crippen LogP contribution in [-0.2, 0) is 14.1 Å². The van der Waals surface area contributed by atoms with Crippen LogP contribution < -0.4 is 20.8 Å². The van der Waals surface area contributed by atoms with Gasteiger partial charge in [0.1, 0.15) is 0 Å². The average molecular weight is 521 g/mol. The number of piperazine rings is 1. The number of anilines is 3. The summed E-state index contributed by atoms with van der Waals surface area (Å²) in [7, 11) is 3.38. The molecule has 0 aliphatic carbocycles. The van der Waals surface area contributed by atoms with E-state index in [0.717, 1.165) is 36.0 Å². The van der Waals surface area contributed by atoms with Gasteiger partial charge in [0.05, 0.1) is 37.9 Å². The van der Waals surface area contributed by atoms with Crippen LogP contribution in [0.25, 0.3) is 11.0 Å². The minimum atomic E-state index is -0.573. The summed E-state index contributed by atoms with van der Waals surface area (Å²) in [5, 5.41) is 14.2. The van der Waals surface area contributed by atoms with Crippen LogP contribution in [0, 0.1) is 10.1 Å². The number of nitrogens with one attached hydrogen (secondary N) is 1. The number of aryl methyl sites for hydroxylation is 2. The first-order chi connectivity index (χ1) is 17.7. The second-order valence-electron chi connectivity index (χ2n) is 8.94. The second kappa shape index (κ2) is 9.62. The molecule has 0 atom stereocenters. The Morgan fingerprint density at radius 1 is 0.919 bits per heavy atom. The highest BCUT2D eigenvalue weighted by molar-refractivity contribution is 6.34. The summed E-state index contributed by atoms with van der Waals surface area (Å²) in [6, 6.07) is 17.6. The summed E-state index contributed by atoms with van der Waals surface area (Å²) in [5.74, 6) is -0.571. The van der Waals surface area contributed by atoms with E-state index in [-0.39, 0.29) is 22.0 Å². The monoisotopic (exact) mass is 520 g/mol. The number of rotatable bonds is 5. The average Bonchev–Trinajstić information content (AvgIpc) is 3.12. The van der Waals surface area contributed by atoms with Crippen molar-refractivity contribution in [1.82, 2.24) is 9.13 Å². The summed E-state index contributed by atoms with van der Waals surface area (Å²) >= 11 is 6.22. The minimum Gasteiger partial charge on any atom is -0.368 e. The highest BCUT2D eigenvalue weighted by atomic mass is 35.5. The van der Waals surface area contributed by atoms with E-state index in [1.165, 1.54) is 16.7 Å². The van der Waals surface area contributed by atoms with E-state index < -0.39 is 10.8 Å². The van der Waals surface area contributed by atoms with Crippen LogP contribution in [0.5, 0.6) is 0 Å². The van der Waals surface area contributed by atoms with Crippen LogP contribution in [0.4, 0.5) is 22.7 Å². The Hall–Kier alpha value is -4.31. The van der Waals surface area contributed by atoms with Gasteiger partial charge in [-0.05, 0) is 30.3 Å². The SMILES string of the molecule is Cn1c(=O)n(C)c2cc(N3CCN(c4ccccc4)CC3)c(NC(=O)c3cc([N+](=O)[O-])ccc3Cl)cc21. The first-order valence-electron chi connectivity index (χ1n) is 11.7.